The SMILES string of the molecule is COC(=O)C(CC(C)C)NC(=O)C1CC1. The highest BCUT2D eigenvalue weighted by Crippen LogP contribution is 2.29. The summed E-state index contributed by atoms with van der Waals surface area (Å²) in [6.07, 6.45) is 2.52. The first-order valence-corrected chi connectivity index (χ1v) is 5.42. The van der Waals surface area contributed by atoms with Gasteiger partial charge in [0.15, 0.2) is 0 Å². The van der Waals surface area contributed by atoms with Crippen LogP contribution >= 0.6 is 0 Å². The number of ether oxygens (including phenoxy) is 1. The molecule has 1 amide bonds. The fourth-order valence-electron chi connectivity index (χ4n) is 1.46. The molecule has 0 saturated heterocycles. The summed E-state index contributed by atoms with van der Waals surface area (Å²) in [5.74, 6) is 0.127. The molecule has 1 saturated carbocycles. The Morgan fingerprint density at radius 2 is 2.00 bits per heavy atom. The summed E-state index contributed by atoms with van der Waals surface area (Å²) in [4.78, 5) is 22.9. The molecular formula is C11H19NO3. The van der Waals surface area contributed by atoms with Gasteiger partial charge in [0.2, 0.25) is 5.91 Å². The molecule has 1 atom stereocenters. The lowest BCUT2D eigenvalue weighted by atomic mass is 10.0. The number of esters is 1. The van der Waals surface area contributed by atoms with Gasteiger partial charge < -0.3 is 10.1 Å². The van der Waals surface area contributed by atoms with E-state index in [1.54, 1.807) is 0 Å². The maximum Gasteiger partial charge on any atom is 0.328 e. The van der Waals surface area contributed by atoms with Gasteiger partial charge >= 0.3 is 5.97 Å². The monoisotopic (exact) mass is 213 g/mol. The van der Waals surface area contributed by atoms with Crippen molar-refractivity contribution in [3.05, 3.63) is 0 Å². The Balaban J connectivity index is 2.46. The van der Waals surface area contributed by atoms with Gasteiger partial charge in [0, 0.05) is 5.92 Å². The molecule has 1 N–H and O–H groups in total. The second-order valence-corrected chi connectivity index (χ2v) is 4.49. The van der Waals surface area contributed by atoms with E-state index in [2.05, 4.69) is 10.1 Å². The van der Waals surface area contributed by atoms with Gasteiger partial charge in [-0.1, -0.05) is 13.8 Å². The topological polar surface area (TPSA) is 55.4 Å². The first-order chi connectivity index (χ1) is 7.04. The van der Waals surface area contributed by atoms with E-state index in [1.165, 1.54) is 7.11 Å². The molecule has 1 fully saturated rings. The molecule has 0 radical (unpaired) electrons. The second-order valence-electron chi connectivity index (χ2n) is 4.49. The number of hydrogen-bond acceptors (Lipinski definition) is 3. The zero-order valence-corrected chi connectivity index (χ0v) is 9.58. The summed E-state index contributed by atoms with van der Waals surface area (Å²) in [5.41, 5.74) is 0. The Labute approximate surface area is 90.4 Å². The van der Waals surface area contributed by atoms with Crippen molar-refractivity contribution in [3.63, 3.8) is 0 Å². The van der Waals surface area contributed by atoms with Gasteiger partial charge in [-0.3, -0.25) is 4.79 Å². The molecule has 86 valence electrons. The number of rotatable bonds is 5. The molecule has 0 aromatic heterocycles. The fraction of sp³-hybridized carbons (Fsp3) is 0.818. The van der Waals surface area contributed by atoms with Gasteiger partial charge in [-0.25, -0.2) is 4.79 Å². The standard InChI is InChI=1S/C11H19NO3/c1-7(2)6-9(11(14)15-3)12-10(13)8-4-5-8/h7-9H,4-6H2,1-3H3,(H,12,13). The molecule has 0 aromatic rings. The molecule has 0 heterocycles. The van der Waals surface area contributed by atoms with Crippen LogP contribution in [0, 0.1) is 11.8 Å². The van der Waals surface area contributed by atoms with Crippen molar-refractivity contribution in [2.75, 3.05) is 7.11 Å². The van der Waals surface area contributed by atoms with Gasteiger partial charge in [0.1, 0.15) is 6.04 Å². The minimum Gasteiger partial charge on any atom is -0.467 e. The van der Waals surface area contributed by atoms with Crippen LogP contribution in [-0.4, -0.2) is 25.0 Å². The van der Waals surface area contributed by atoms with Gasteiger partial charge in [-0.05, 0) is 25.2 Å². The highest BCUT2D eigenvalue weighted by molar-refractivity contribution is 5.86. The van der Waals surface area contributed by atoms with Crippen molar-refractivity contribution in [2.45, 2.75) is 39.2 Å². The predicted molar refractivity (Wildman–Crippen MR) is 56.1 cm³/mol. The zero-order valence-electron chi connectivity index (χ0n) is 9.58. The number of nitrogens with one attached hydrogen (secondary N) is 1. The van der Waals surface area contributed by atoms with Crippen LogP contribution in [0.5, 0.6) is 0 Å². The lowest BCUT2D eigenvalue weighted by Crippen LogP contribution is -2.43. The van der Waals surface area contributed by atoms with Crippen LogP contribution < -0.4 is 5.32 Å². The normalized spacial score (nSPS) is 17.3. The Hall–Kier alpha value is -1.06. The Morgan fingerprint density at radius 1 is 1.40 bits per heavy atom. The summed E-state index contributed by atoms with van der Waals surface area (Å²) in [5, 5.41) is 2.75. The summed E-state index contributed by atoms with van der Waals surface area (Å²) in [7, 11) is 1.35. The summed E-state index contributed by atoms with van der Waals surface area (Å²) in [6.45, 7) is 4.03. The van der Waals surface area contributed by atoms with Gasteiger partial charge in [-0.2, -0.15) is 0 Å². The molecule has 0 bridgehead atoms. The summed E-state index contributed by atoms with van der Waals surface area (Å²) >= 11 is 0. The van der Waals surface area contributed by atoms with Crippen LogP contribution in [0.15, 0.2) is 0 Å². The Morgan fingerprint density at radius 3 is 2.40 bits per heavy atom. The third-order valence-corrected chi connectivity index (χ3v) is 2.46. The van der Waals surface area contributed by atoms with E-state index in [1.807, 2.05) is 13.8 Å². The molecule has 0 aromatic carbocycles. The lowest BCUT2D eigenvalue weighted by molar-refractivity contribution is -0.145. The van der Waals surface area contributed by atoms with E-state index in [0.717, 1.165) is 12.8 Å². The summed E-state index contributed by atoms with van der Waals surface area (Å²) < 4.78 is 4.66. The number of methoxy groups -OCH3 is 1. The van der Waals surface area contributed by atoms with Crippen LogP contribution in [-0.2, 0) is 14.3 Å². The highest BCUT2D eigenvalue weighted by atomic mass is 16.5. The number of carbonyl (C=O) groups is 2. The number of hydrogen-bond donors (Lipinski definition) is 1. The van der Waals surface area contributed by atoms with Crippen molar-refractivity contribution in [1.82, 2.24) is 5.32 Å². The molecule has 0 aliphatic heterocycles. The molecule has 4 nitrogen and oxygen atoms in total. The predicted octanol–water partition coefficient (Wildman–Crippen LogP) is 1.10. The average molecular weight is 213 g/mol. The van der Waals surface area contributed by atoms with Crippen molar-refractivity contribution in [3.8, 4) is 0 Å². The molecule has 15 heavy (non-hydrogen) atoms. The lowest BCUT2D eigenvalue weighted by Gasteiger charge is -2.18. The van der Waals surface area contributed by atoms with Crippen molar-refractivity contribution in [1.29, 1.82) is 0 Å². The second kappa shape index (κ2) is 5.14. The van der Waals surface area contributed by atoms with Crippen molar-refractivity contribution >= 4 is 11.9 Å². The highest BCUT2D eigenvalue weighted by Gasteiger charge is 2.32. The molecule has 1 aliphatic carbocycles. The third kappa shape index (κ3) is 3.90. The summed E-state index contributed by atoms with van der Waals surface area (Å²) in [6, 6.07) is -0.483. The van der Waals surface area contributed by atoms with Crippen LogP contribution in [0.2, 0.25) is 0 Å². The third-order valence-electron chi connectivity index (χ3n) is 2.46. The van der Waals surface area contributed by atoms with E-state index in [-0.39, 0.29) is 17.8 Å². The van der Waals surface area contributed by atoms with E-state index < -0.39 is 6.04 Å². The largest absolute Gasteiger partial charge is 0.467 e. The van der Waals surface area contributed by atoms with Gasteiger partial charge in [-0.15, -0.1) is 0 Å². The van der Waals surface area contributed by atoms with Crippen LogP contribution in [0.3, 0.4) is 0 Å². The molecular weight excluding hydrogens is 194 g/mol. The van der Waals surface area contributed by atoms with E-state index in [4.69, 9.17) is 0 Å². The zero-order chi connectivity index (χ0) is 11.4. The average Bonchev–Trinajstić information content (AvgIpc) is 2.97. The Bertz CT molecular complexity index is 246. The molecule has 1 unspecified atom stereocenters. The Kier molecular flexibility index (Phi) is 4.12. The minimum absolute atomic E-state index is 0.00829. The fourth-order valence-corrected chi connectivity index (χ4v) is 1.46. The van der Waals surface area contributed by atoms with Gasteiger partial charge in [0.05, 0.1) is 7.11 Å². The molecule has 4 heteroatoms. The smallest absolute Gasteiger partial charge is 0.328 e. The maximum absolute atomic E-state index is 11.5. The first kappa shape index (κ1) is 12.0. The quantitative estimate of drug-likeness (QED) is 0.696. The van der Waals surface area contributed by atoms with E-state index >= 15 is 0 Å². The number of carbonyl (C=O) groups excluding carboxylic acids is 2. The van der Waals surface area contributed by atoms with Crippen molar-refractivity contribution in [2.24, 2.45) is 11.8 Å². The van der Waals surface area contributed by atoms with E-state index in [0.29, 0.717) is 12.3 Å². The van der Waals surface area contributed by atoms with E-state index in [9.17, 15) is 9.59 Å². The van der Waals surface area contributed by atoms with Crippen molar-refractivity contribution < 1.29 is 14.3 Å². The van der Waals surface area contributed by atoms with Gasteiger partial charge in [0.25, 0.3) is 0 Å². The first-order valence-electron chi connectivity index (χ1n) is 5.42. The number of amides is 1. The maximum atomic E-state index is 11.5. The molecule has 0 spiro atoms. The van der Waals surface area contributed by atoms with Crippen LogP contribution in [0.4, 0.5) is 0 Å². The minimum atomic E-state index is -0.483. The van der Waals surface area contributed by atoms with Crippen LogP contribution in [0.25, 0.3) is 0 Å². The molecule has 1 rings (SSSR count). The van der Waals surface area contributed by atoms with Crippen LogP contribution in [0.1, 0.15) is 33.1 Å². The molecule has 1 aliphatic rings.